The minimum Gasteiger partial charge on any atom is -0.289 e. The van der Waals surface area contributed by atoms with E-state index in [1.54, 1.807) is 6.07 Å². The van der Waals surface area contributed by atoms with Crippen molar-refractivity contribution in [1.29, 1.82) is 5.26 Å². The van der Waals surface area contributed by atoms with Gasteiger partial charge in [-0.15, -0.1) is 0 Å². The van der Waals surface area contributed by atoms with Crippen molar-refractivity contribution in [3.05, 3.63) is 70.5 Å². The van der Waals surface area contributed by atoms with E-state index in [4.69, 9.17) is 5.26 Å². The Morgan fingerprint density at radius 3 is 2.65 bits per heavy atom. The third-order valence-corrected chi connectivity index (χ3v) is 3.78. The van der Waals surface area contributed by atoms with Crippen molar-refractivity contribution in [1.82, 2.24) is 0 Å². The summed E-state index contributed by atoms with van der Waals surface area (Å²) in [7, 11) is 0. The maximum atomic E-state index is 12.9. The van der Waals surface area contributed by atoms with E-state index in [9.17, 15) is 9.18 Å². The summed E-state index contributed by atoms with van der Waals surface area (Å²) in [5.74, 6) is -0.587. The number of halogens is 1. The Balaban J connectivity index is 2.04. The molecule has 0 fully saturated rings. The molecule has 0 spiro atoms. The number of fused-ring (bicyclic) bond motifs is 1. The van der Waals surface area contributed by atoms with Crippen LogP contribution in [0.15, 0.2) is 42.5 Å². The molecule has 0 N–H and O–H groups in total. The molecule has 20 heavy (non-hydrogen) atoms. The first-order valence-electron chi connectivity index (χ1n) is 6.52. The van der Waals surface area contributed by atoms with Crippen molar-refractivity contribution in [3.8, 4) is 6.07 Å². The Morgan fingerprint density at radius 2 is 1.95 bits per heavy atom. The smallest absolute Gasteiger partial charge is 0.193 e. The van der Waals surface area contributed by atoms with Crippen LogP contribution >= 0.6 is 0 Å². The standard InChI is InChI=1S/C17H12FNO/c18-13-7-4-11(5-8-13)17(20)16-3-1-2-14-12(10-19)6-9-15(14)16/h1-5,7-8,12H,6,9H2. The lowest BCUT2D eigenvalue weighted by Gasteiger charge is -2.08. The molecule has 0 aromatic heterocycles. The van der Waals surface area contributed by atoms with E-state index in [1.807, 2.05) is 12.1 Å². The average Bonchev–Trinajstić information content (AvgIpc) is 2.90. The first-order chi connectivity index (χ1) is 9.70. The zero-order valence-electron chi connectivity index (χ0n) is 10.8. The molecular weight excluding hydrogens is 253 g/mol. The highest BCUT2D eigenvalue weighted by Crippen LogP contribution is 2.35. The number of carbonyl (C=O) groups is 1. The summed E-state index contributed by atoms with van der Waals surface area (Å²) in [5.41, 5.74) is 3.03. The second kappa shape index (κ2) is 4.90. The molecule has 1 atom stereocenters. The van der Waals surface area contributed by atoms with Gasteiger partial charge >= 0.3 is 0 Å². The van der Waals surface area contributed by atoms with Gasteiger partial charge in [-0.1, -0.05) is 18.2 Å². The number of nitriles is 1. The van der Waals surface area contributed by atoms with Crippen molar-refractivity contribution < 1.29 is 9.18 Å². The Bertz CT molecular complexity index is 713. The monoisotopic (exact) mass is 265 g/mol. The van der Waals surface area contributed by atoms with Crippen LogP contribution in [-0.2, 0) is 6.42 Å². The fraction of sp³-hybridized carbons (Fsp3) is 0.176. The van der Waals surface area contributed by atoms with E-state index in [-0.39, 0.29) is 17.5 Å². The molecule has 2 aromatic rings. The molecule has 3 rings (SSSR count). The summed E-state index contributed by atoms with van der Waals surface area (Å²) in [4.78, 5) is 12.5. The lowest BCUT2D eigenvalue weighted by molar-refractivity contribution is 0.103. The van der Waals surface area contributed by atoms with E-state index in [2.05, 4.69) is 6.07 Å². The fourth-order valence-corrected chi connectivity index (χ4v) is 2.76. The van der Waals surface area contributed by atoms with Gasteiger partial charge in [0.25, 0.3) is 0 Å². The van der Waals surface area contributed by atoms with Crippen LogP contribution in [0, 0.1) is 17.1 Å². The number of hydrogen-bond donors (Lipinski definition) is 0. The quantitative estimate of drug-likeness (QED) is 0.778. The van der Waals surface area contributed by atoms with E-state index in [1.165, 1.54) is 24.3 Å². The summed E-state index contributed by atoms with van der Waals surface area (Å²) >= 11 is 0. The van der Waals surface area contributed by atoms with Gasteiger partial charge in [-0.05, 0) is 48.2 Å². The Morgan fingerprint density at radius 1 is 1.20 bits per heavy atom. The molecule has 2 aromatic carbocycles. The van der Waals surface area contributed by atoms with Crippen LogP contribution in [0.1, 0.15) is 39.4 Å². The molecular formula is C17H12FNO. The Labute approximate surface area is 116 Å². The van der Waals surface area contributed by atoms with Crippen LogP contribution < -0.4 is 0 Å². The SMILES string of the molecule is N#CC1CCc2c(C(=O)c3ccc(F)cc3)cccc21. The maximum Gasteiger partial charge on any atom is 0.193 e. The van der Waals surface area contributed by atoms with Crippen LogP contribution in [0.25, 0.3) is 0 Å². The number of ketones is 1. The molecule has 1 aliphatic rings. The van der Waals surface area contributed by atoms with Crippen molar-refractivity contribution in [2.75, 3.05) is 0 Å². The summed E-state index contributed by atoms with van der Waals surface area (Å²) in [6.45, 7) is 0. The Hall–Kier alpha value is -2.47. The summed E-state index contributed by atoms with van der Waals surface area (Å²) in [6.07, 6.45) is 1.51. The average molecular weight is 265 g/mol. The summed E-state index contributed by atoms with van der Waals surface area (Å²) in [6, 6.07) is 13.3. The van der Waals surface area contributed by atoms with Crippen LogP contribution in [0.2, 0.25) is 0 Å². The van der Waals surface area contributed by atoms with Crippen molar-refractivity contribution in [2.45, 2.75) is 18.8 Å². The van der Waals surface area contributed by atoms with Gasteiger partial charge in [0.2, 0.25) is 0 Å². The third kappa shape index (κ3) is 2.00. The van der Waals surface area contributed by atoms with Gasteiger partial charge in [0, 0.05) is 11.1 Å². The lowest BCUT2D eigenvalue weighted by Crippen LogP contribution is -2.05. The van der Waals surface area contributed by atoms with E-state index in [0.29, 0.717) is 11.1 Å². The van der Waals surface area contributed by atoms with Crippen LogP contribution in [0.3, 0.4) is 0 Å². The van der Waals surface area contributed by atoms with Crippen LogP contribution in [0.4, 0.5) is 4.39 Å². The molecule has 98 valence electrons. The minimum atomic E-state index is -0.357. The Kier molecular flexibility index (Phi) is 3.08. The van der Waals surface area contributed by atoms with Gasteiger partial charge in [-0.3, -0.25) is 4.79 Å². The highest BCUT2D eigenvalue weighted by molar-refractivity contribution is 6.10. The molecule has 0 heterocycles. The van der Waals surface area contributed by atoms with Crippen LogP contribution in [0.5, 0.6) is 0 Å². The van der Waals surface area contributed by atoms with Crippen molar-refractivity contribution >= 4 is 5.78 Å². The minimum absolute atomic E-state index is 0.111. The molecule has 0 saturated carbocycles. The van der Waals surface area contributed by atoms with Gasteiger partial charge in [-0.25, -0.2) is 4.39 Å². The molecule has 0 radical (unpaired) electrons. The molecule has 1 unspecified atom stereocenters. The predicted molar refractivity (Wildman–Crippen MR) is 72.9 cm³/mol. The molecule has 1 aliphatic carbocycles. The number of hydrogen-bond acceptors (Lipinski definition) is 2. The fourth-order valence-electron chi connectivity index (χ4n) is 2.76. The van der Waals surface area contributed by atoms with Crippen molar-refractivity contribution in [2.24, 2.45) is 0 Å². The zero-order valence-corrected chi connectivity index (χ0v) is 10.8. The van der Waals surface area contributed by atoms with E-state index in [0.717, 1.165) is 24.0 Å². The highest BCUT2D eigenvalue weighted by atomic mass is 19.1. The van der Waals surface area contributed by atoms with Crippen molar-refractivity contribution in [3.63, 3.8) is 0 Å². The molecule has 0 aliphatic heterocycles. The molecule has 0 bridgehead atoms. The summed E-state index contributed by atoms with van der Waals surface area (Å²) < 4.78 is 12.9. The van der Waals surface area contributed by atoms with Gasteiger partial charge in [0.1, 0.15) is 5.82 Å². The van der Waals surface area contributed by atoms with Gasteiger partial charge in [0.15, 0.2) is 5.78 Å². The maximum absolute atomic E-state index is 12.9. The lowest BCUT2D eigenvalue weighted by atomic mass is 9.94. The number of carbonyl (C=O) groups excluding carboxylic acids is 1. The molecule has 2 nitrogen and oxygen atoms in total. The number of benzene rings is 2. The first kappa shape index (κ1) is 12.6. The first-order valence-corrected chi connectivity index (χ1v) is 6.52. The predicted octanol–water partition coefficient (Wildman–Crippen LogP) is 3.61. The highest BCUT2D eigenvalue weighted by Gasteiger charge is 2.26. The molecule has 0 amide bonds. The normalized spacial score (nSPS) is 16.5. The zero-order chi connectivity index (χ0) is 14.1. The summed E-state index contributed by atoms with van der Waals surface area (Å²) in [5, 5.41) is 9.11. The van der Waals surface area contributed by atoms with Gasteiger partial charge in [-0.2, -0.15) is 5.26 Å². The molecule has 3 heteroatoms. The number of rotatable bonds is 2. The largest absolute Gasteiger partial charge is 0.289 e. The second-order valence-electron chi connectivity index (χ2n) is 4.93. The molecule has 0 saturated heterocycles. The van der Waals surface area contributed by atoms with E-state index < -0.39 is 0 Å². The third-order valence-electron chi connectivity index (χ3n) is 3.78. The van der Waals surface area contributed by atoms with Crippen LogP contribution in [-0.4, -0.2) is 5.78 Å². The topological polar surface area (TPSA) is 40.9 Å². The van der Waals surface area contributed by atoms with Gasteiger partial charge < -0.3 is 0 Å². The van der Waals surface area contributed by atoms with Gasteiger partial charge in [0.05, 0.1) is 12.0 Å². The van der Waals surface area contributed by atoms with E-state index >= 15 is 0 Å². The number of nitrogens with zero attached hydrogens (tertiary/aromatic N) is 1. The second-order valence-corrected chi connectivity index (χ2v) is 4.93.